The number of H-pyrrole nitrogens is 1. The molecule has 2 aromatic rings. The topological polar surface area (TPSA) is 83.8 Å². The van der Waals surface area contributed by atoms with Crippen LogP contribution in [0.4, 0.5) is 11.6 Å². The minimum absolute atomic E-state index is 0.0511. The minimum Gasteiger partial charge on any atom is -0.355 e. The Hall–Kier alpha value is -1.82. The number of non-ortho nitro benzene ring substituents is 1. The van der Waals surface area contributed by atoms with Crippen LogP contribution >= 0.6 is 11.6 Å². The summed E-state index contributed by atoms with van der Waals surface area (Å²) in [5.41, 5.74) is 1.47. The van der Waals surface area contributed by atoms with E-state index in [9.17, 15) is 10.1 Å². The average Bonchev–Trinajstić information content (AvgIpc) is 2.78. The fourth-order valence-corrected chi connectivity index (χ4v) is 2.37. The highest BCUT2D eigenvalue weighted by molar-refractivity contribution is 6.17. The van der Waals surface area contributed by atoms with Gasteiger partial charge in [-0.1, -0.05) is 13.8 Å². The zero-order valence-electron chi connectivity index (χ0n) is 11.4. The van der Waals surface area contributed by atoms with Gasteiger partial charge in [-0.15, -0.1) is 11.6 Å². The number of aromatic nitrogens is 2. The molecule has 20 heavy (non-hydrogen) atoms. The fourth-order valence-electron chi connectivity index (χ4n) is 1.86. The summed E-state index contributed by atoms with van der Waals surface area (Å²) in [5.74, 6) is 1.23. The first-order valence-corrected chi connectivity index (χ1v) is 6.89. The van der Waals surface area contributed by atoms with Crippen molar-refractivity contribution in [3.63, 3.8) is 0 Å². The van der Waals surface area contributed by atoms with Gasteiger partial charge in [0.25, 0.3) is 5.69 Å². The first-order chi connectivity index (χ1) is 9.41. The number of hydrogen-bond acceptors (Lipinski definition) is 4. The number of nitrogens with zero attached hydrogens (tertiary/aromatic N) is 2. The van der Waals surface area contributed by atoms with Crippen molar-refractivity contribution in [1.29, 1.82) is 0 Å². The Balaban J connectivity index is 2.14. The van der Waals surface area contributed by atoms with E-state index in [4.69, 9.17) is 11.6 Å². The minimum atomic E-state index is -0.420. The SMILES string of the molecule is CC(C)(CCCl)CNc1nc2ccc([N+](=O)[O-])cc2[nH]1. The number of aromatic amines is 1. The van der Waals surface area contributed by atoms with Crippen molar-refractivity contribution >= 4 is 34.3 Å². The van der Waals surface area contributed by atoms with E-state index in [2.05, 4.69) is 29.1 Å². The Morgan fingerprint density at radius 3 is 2.90 bits per heavy atom. The predicted octanol–water partition coefficient (Wildman–Crippen LogP) is 3.54. The molecule has 108 valence electrons. The van der Waals surface area contributed by atoms with Crippen molar-refractivity contribution in [1.82, 2.24) is 9.97 Å². The van der Waals surface area contributed by atoms with Crippen LogP contribution in [-0.4, -0.2) is 27.3 Å². The van der Waals surface area contributed by atoms with E-state index in [1.165, 1.54) is 12.1 Å². The highest BCUT2D eigenvalue weighted by Crippen LogP contribution is 2.23. The Morgan fingerprint density at radius 1 is 1.50 bits per heavy atom. The zero-order valence-corrected chi connectivity index (χ0v) is 12.2. The third-order valence-electron chi connectivity index (χ3n) is 3.18. The number of nitrogens with one attached hydrogen (secondary N) is 2. The largest absolute Gasteiger partial charge is 0.355 e. The van der Waals surface area contributed by atoms with Crippen LogP contribution in [0.15, 0.2) is 18.2 Å². The van der Waals surface area contributed by atoms with Crippen LogP contribution in [0.25, 0.3) is 11.0 Å². The van der Waals surface area contributed by atoms with Gasteiger partial charge in [0.1, 0.15) is 0 Å². The standard InChI is InChI=1S/C13H17ClN4O2/c1-13(2,5-6-14)8-15-12-16-10-4-3-9(18(19)20)7-11(10)17-12/h3-4,7H,5-6,8H2,1-2H3,(H2,15,16,17). The molecule has 0 radical (unpaired) electrons. The molecule has 1 heterocycles. The highest BCUT2D eigenvalue weighted by atomic mass is 35.5. The number of alkyl halides is 1. The average molecular weight is 297 g/mol. The van der Waals surface area contributed by atoms with Crippen molar-refractivity contribution < 1.29 is 4.92 Å². The lowest BCUT2D eigenvalue weighted by molar-refractivity contribution is -0.384. The van der Waals surface area contributed by atoms with Gasteiger partial charge >= 0.3 is 0 Å². The molecular weight excluding hydrogens is 280 g/mol. The van der Waals surface area contributed by atoms with Crippen LogP contribution in [0.5, 0.6) is 0 Å². The Morgan fingerprint density at radius 2 is 2.25 bits per heavy atom. The van der Waals surface area contributed by atoms with Crippen molar-refractivity contribution in [2.24, 2.45) is 5.41 Å². The third kappa shape index (κ3) is 3.39. The molecule has 0 saturated carbocycles. The number of halogens is 1. The summed E-state index contributed by atoms with van der Waals surface area (Å²) >= 11 is 5.76. The summed E-state index contributed by atoms with van der Waals surface area (Å²) in [6.07, 6.45) is 0.896. The van der Waals surface area contributed by atoms with Gasteiger partial charge in [0.15, 0.2) is 0 Å². The monoisotopic (exact) mass is 296 g/mol. The van der Waals surface area contributed by atoms with Crippen molar-refractivity contribution in [3.05, 3.63) is 28.3 Å². The van der Waals surface area contributed by atoms with Crippen molar-refractivity contribution in [3.8, 4) is 0 Å². The lowest BCUT2D eigenvalue weighted by Gasteiger charge is -2.23. The first kappa shape index (κ1) is 14.6. The zero-order chi connectivity index (χ0) is 14.8. The van der Waals surface area contributed by atoms with Gasteiger partial charge in [-0.3, -0.25) is 10.1 Å². The van der Waals surface area contributed by atoms with E-state index in [1.54, 1.807) is 6.07 Å². The summed E-state index contributed by atoms with van der Waals surface area (Å²) < 4.78 is 0. The molecule has 0 amide bonds. The molecule has 1 aromatic heterocycles. The van der Waals surface area contributed by atoms with Gasteiger partial charge in [-0.25, -0.2) is 4.98 Å². The fraction of sp³-hybridized carbons (Fsp3) is 0.462. The summed E-state index contributed by atoms with van der Waals surface area (Å²) in [6, 6.07) is 4.57. The van der Waals surface area contributed by atoms with Crippen LogP contribution < -0.4 is 5.32 Å². The van der Waals surface area contributed by atoms with Crippen LogP contribution in [0, 0.1) is 15.5 Å². The Labute approximate surface area is 121 Å². The first-order valence-electron chi connectivity index (χ1n) is 6.35. The number of nitro groups is 1. The number of imidazole rings is 1. The van der Waals surface area contributed by atoms with Crippen LogP contribution in [0.2, 0.25) is 0 Å². The molecule has 0 aliphatic carbocycles. The molecule has 0 spiro atoms. The second kappa shape index (κ2) is 5.66. The molecule has 0 aliphatic heterocycles. The summed E-state index contributed by atoms with van der Waals surface area (Å²) in [5, 5.41) is 13.9. The van der Waals surface area contributed by atoms with Gasteiger partial charge in [0.2, 0.25) is 5.95 Å². The van der Waals surface area contributed by atoms with Crippen LogP contribution in [0.1, 0.15) is 20.3 Å². The molecular formula is C13H17ClN4O2. The number of nitro benzene ring substituents is 1. The lowest BCUT2D eigenvalue weighted by atomic mass is 9.90. The number of hydrogen-bond donors (Lipinski definition) is 2. The maximum atomic E-state index is 10.7. The van der Waals surface area contributed by atoms with Gasteiger partial charge in [-0.2, -0.15) is 0 Å². The molecule has 0 saturated heterocycles. The van der Waals surface area contributed by atoms with Gasteiger partial charge in [0.05, 0.1) is 16.0 Å². The molecule has 0 aliphatic rings. The van der Waals surface area contributed by atoms with Crippen LogP contribution in [-0.2, 0) is 0 Å². The summed E-state index contributed by atoms with van der Waals surface area (Å²) in [6.45, 7) is 4.97. The summed E-state index contributed by atoms with van der Waals surface area (Å²) in [4.78, 5) is 17.7. The third-order valence-corrected chi connectivity index (χ3v) is 3.37. The number of fused-ring (bicyclic) bond motifs is 1. The molecule has 0 fully saturated rings. The molecule has 1 aromatic carbocycles. The van der Waals surface area contributed by atoms with Crippen LogP contribution in [0.3, 0.4) is 0 Å². The maximum Gasteiger partial charge on any atom is 0.271 e. The van der Waals surface area contributed by atoms with E-state index < -0.39 is 4.92 Å². The molecule has 6 nitrogen and oxygen atoms in total. The second-order valence-corrected chi connectivity index (χ2v) is 5.88. The maximum absolute atomic E-state index is 10.7. The van der Waals surface area contributed by atoms with E-state index in [-0.39, 0.29) is 11.1 Å². The van der Waals surface area contributed by atoms with Gasteiger partial charge < -0.3 is 10.3 Å². The molecule has 0 atom stereocenters. The van der Waals surface area contributed by atoms with Crippen molar-refractivity contribution in [2.75, 3.05) is 17.7 Å². The molecule has 2 N–H and O–H groups in total. The second-order valence-electron chi connectivity index (χ2n) is 5.50. The van der Waals surface area contributed by atoms with Crippen molar-refractivity contribution in [2.45, 2.75) is 20.3 Å². The van der Waals surface area contributed by atoms with E-state index in [0.717, 1.165) is 13.0 Å². The summed E-state index contributed by atoms with van der Waals surface area (Å²) in [7, 11) is 0. The Bertz CT molecular complexity index is 624. The van der Waals surface area contributed by atoms with Gasteiger partial charge in [0, 0.05) is 24.6 Å². The van der Waals surface area contributed by atoms with E-state index >= 15 is 0 Å². The quantitative estimate of drug-likeness (QED) is 0.485. The predicted molar refractivity (Wildman–Crippen MR) is 80.4 cm³/mol. The smallest absolute Gasteiger partial charge is 0.271 e. The lowest BCUT2D eigenvalue weighted by Crippen LogP contribution is -2.23. The number of rotatable bonds is 6. The normalized spacial score (nSPS) is 11.8. The molecule has 2 rings (SSSR count). The Kier molecular flexibility index (Phi) is 4.13. The molecule has 0 bridgehead atoms. The molecule has 7 heteroatoms. The van der Waals surface area contributed by atoms with E-state index in [1.807, 2.05) is 0 Å². The number of anilines is 1. The number of benzene rings is 1. The van der Waals surface area contributed by atoms with Gasteiger partial charge in [-0.05, 0) is 17.9 Å². The van der Waals surface area contributed by atoms with E-state index in [0.29, 0.717) is 22.9 Å². The highest BCUT2D eigenvalue weighted by Gasteiger charge is 2.17. The molecule has 0 unspecified atom stereocenters.